The van der Waals surface area contributed by atoms with Crippen LogP contribution in [0.4, 0.5) is 4.79 Å². The monoisotopic (exact) mass is 326 g/mol. The van der Waals surface area contributed by atoms with E-state index < -0.39 is 5.60 Å². The zero-order valence-electron chi connectivity index (χ0n) is 15.2. The number of rotatable bonds is 3. The van der Waals surface area contributed by atoms with Crippen molar-refractivity contribution in [2.45, 2.75) is 90.0 Å². The Labute approximate surface area is 140 Å². The predicted molar refractivity (Wildman–Crippen MR) is 91.4 cm³/mol. The molecular weight excluding hydrogens is 292 g/mol. The molecule has 0 aromatic rings. The number of hydrogen-bond acceptors (Lipinski definition) is 4. The van der Waals surface area contributed by atoms with Gasteiger partial charge in [-0.25, -0.2) is 4.79 Å². The maximum Gasteiger partial charge on any atom is 0.410 e. The van der Waals surface area contributed by atoms with E-state index in [9.17, 15) is 9.90 Å². The minimum Gasteiger partial charge on any atom is -0.444 e. The first-order chi connectivity index (χ1) is 10.7. The fourth-order valence-electron chi connectivity index (χ4n) is 3.66. The van der Waals surface area contributed by atoms with Gasteiger partial charge < -0.3 is 20.1 Å². The molecular formula is C18H34N2O3. The number of ether oxygens (including phenoxy) is 1. The van der Waals surface area contributed by atoms with Crippen molar-refractivity contribution in [3.05, 3.63) is 0 Å². The third kappa shape index (κ3) is 5.96. The van der Waals surface area contributed by atoms with E-state index in [1.165, 1.54) is 0 Å². The predicted octanol–water partition coefficient (Wildman–Crippen LogP) is 2.92. The van der Waals surface area contributed by atoms with Gasteiger partial charge >= 0.3 is 6.09 Å². The minimum atomic E-state index is -0.434. The summed E-state index contributed by atoms with van der Waals surface area (Å²) in [6.45, 7) is 9.54. The summed E-state index contributed by atoms with van der Waals surface area (Å²) in [7, 11) is 0. The van der Waals surface area contributed by atoms with Crippen molar-refractivity contribution in [3.8, 4) is 0 Å². The molecule has 23 heavy (non-hydrogen) atoms. The van der Waals surface area contributed by atoms with Crippen LogP contribution in [0.15, 0.2) is 0 Å². The first kappa shape index (κ1) is 18.5. The number of amides is 1. The first-order valence-electron chi connectivity index (χ1n) is 9.16. The van der Waals surface area contributed by atoms with Crippen LogP contribution < -0.4 is 5.32 Å². The Morgan fingerprint density at radius 3 is 2.48 bits per heavy atom. The molecule has 1 aliphatic carbocycles. The molecule has 2 rings (SSSR count). The second-order valence-electron chi connectivity index (χ2n) is 8.29. The van der Waals surface area contributed by atoms with Crippen LogP contribution in [0.25, 0.3) is 0 Å². The quantitative estimate of drug-likeness (QED) is 0.837. The van der Waals surface area contributed by atoms with Crippen LogP contribution in [0.3, 0.4) is 0 Å². The zero-order chi connectivity index (χ0) is 17.0. The Balaban J connectivity index is 1.81. The van der Waals surface area contributed by atoms with Gasteiger partial charge in [0.15, 0.2) is 0 Å². The molecule has 0 radical (unpaired) electrons. The second kappa shape index (κ2) is 7.84. The Bertz CT molecular complexity index is 386. The van der Waals surface area contributed by atoms with Gasteiger partial charge in [-0.05, 0) is 72.1 Å². The molecule has 2 aliphatic rings. The largest absolute Gasteiger partial charge is 0.444 e. The van der Waals surface area contributed by atoms with Crippen LogP contribution >= 0.6 is 0 Å². The van der Waals surface area contributed by atoms with Crippen LogP contribution in [0, 0.1) is 5.92 Å². The van der Waals surface area contributed by atoms with Gasteiger partial charge in [-0.2, -0.15) is 0 Å². The number of nitrogens with zero attached hydrogens (tertiary/aromatic N) is 1. The van der Waals surface area contributed by atoms with E-state index in [1.54, 1.807) is 0 Å². The van der Waals surface area contributed by atoms with Crippen LogP contribution in [-0.4, -0.2) is 53.0 Å². The van der Waals surface area contributed by atoms with Gasteiger partial charge in [-0.1, -0.05) is 0 Å². The van der Waals surface area contributed by atoms with Crippen molar-refractivity contribution in [2.24, 2.45) is 5.92 Å². The number of hydrogen-bond donors (Lipinski definition) is 2. The van der Waals surface area contributed by atoms with Gasteiger partial charge in [-0.15, -0.1) is 0 Å². The normalized spacial score (nSPS) is 30.8. The number of aliphatic hydroxyl groups is 1. The second-order valence-corrected chi connectivity index (χ2v) is 8.29. The average molecular weight is 326 g/mol. The molecule has 1 amide bonds. The van der Waals surface area contributed by atoms with Crippen molar-refractivity contribution >= 4 is 6.09 Å². The van der Waals surface area contributed by atoms with E-state index in [-0.39, 0.29) is 12.2 Å². The minimum absolute atomic E-state index is 0.110. The smallest absolute Gasteiger partial charge is 0.410 e. The lowest BCUT2D eigenvalue weighted by Gasteiger charge is -2.38. The molecule has 2 fully saturated rings. The van der Waals surface area contributed by atoms with Gasteiger partial charge in [0.2, 0.25) is 0 Å². The molecule has 0 aromatic carbocycles. The lowest BCUT2D eigenvalue weighted by molar-refractivity contribution is 0.0142. The van der Waals surface area contributed by atoms with Crippen LogP contribution in [0.1, 0.15) is 66.2 Å². The molecule has 1 saturated heterocycles. The van der Waals surface area contributed by atoms with E-state index >= 15 is 0 Å². The van der Waals surface area contributed by atoms with E-state index in [2.05, 4.69) is 12.2 Å². The fraction of sp³-hybridized carbons (Fsp3) is 0.944. The maximum absolute atomic E-state index is 12.3. The Hall–Kier alpha value is -0.810. The molecule has 1 heterocycles. The molecule has 2 atom stereocenters. The molecule has 134 valence electrons. The Morgan fingerprint density at radius 2 is 1.87 bits per heavy atom. The molecule has 1 aliphatic heterocycles. The maximum atomic E-state index is 12.3. The third-order valence-electron chi connectivity index (χ3n) is 5.01. The molecule has 0 spiro atoms. The van der Waals surface area contributed by atoms with Crippen LogP contribution in [0.5, 0.6) is 0 Å². The topological polar surface area (TPSA) is 61.8 Å². The number of likely N-dealkylation sites (tertiary alicyclic amines) is 1. The highest BCUT2D eigenvalue weighted by atomic mass is 16.6. The number of piperidine rings is 1. The Morgan fingerprint density at radius 1 is 1.22 bits per heavy atom. The van der Waals surface area contributed by atoms with Crippen LogP contribution in [0.2, 0.25) is 0 Å². The van der Waals surface area contributed by atoms with E-state index in [4.69, 9.17) is 4.74 Å². The highest BCUT2D eigenvalue weighted by Crippen LogP contribution is 2.24. The third-order valence-corrected chi connectivity index (χ3v) is 5.01. The van der Waals surface area contributed by atoms with Gasteiger partial charge in [0.1, 0.15) is 5.60 Å². The SMILES string of the molecule is CC(NC1CCC(O)CC1)C1CCCN(C(=O)OC(C)(C)C)C1. The molecule has 2 unspecified atom stereocenters. The highest BCUT2D eigenvalue weighted by molar-refractivity contribution is 5.68. The number of carbonyl (C=O) groups excluding carboxylic acids is 1. The molecule has 2 N–H and O–H groups in total. The summed E-state index contributed by atoms with van der Waals surface area (Å²) in [6.07, 6.45) is 5.80. The molecule has 0 aromatic heterocycles. The lowest BCUT2D eigenvalue weighted by Crippen LogP contribution is -2.50. The molecule has 5 nitrogen and oxygen atoms in total. The molecule has 1 saturated carbocycles. The van der Waals surface area contributed by atoms with Crippen molar-refractivity contribution in [1.29, 1.82) is 0 Å². The van der Waals surface area contributed by atoms with Crippen molar-refractivity contribution in [1.82, 2.24) is 10.2 Å². The van der Waals surface area contributed by atoms with Gasteiger partial charge in [0.25, 0.3) is 0 Å². The van der Waals surface area contributed by atoms with Crippen LogP contribution in [-0.2, 0) is 4.74 Å². The van der Waals surface area contributed by atoms with Crippen molar-refractivity contribution in [3.63, 3.8) is 0 Å². The number of aliphatic hydroxyl groups excluding tert-OH is 1. The van der Waals surface area contributed by atoms with Gasteiger partial charge in [-0.3, -0.25) is 0 Å². The summed E-state index contributed by atoms with van der Waals surface area (Å²) in [6, 6.07) is 0.894. The summed E-state index contributed by atoms with van der Waals surface area (Å²) in [4.78, 5) is 14.1. The Kier molecular flexibility index (Phi) is 6.32. The standard InChI is InChI=1S/C18H34N2O3/c1-13(19-15-7-9-16(21)10-8-15)14-6-5-11-20(12-14)17(22)23-18(2,3)4/h13-16,19,21H,5-12H2,1-4H3. The highest BCUT2D eigenvalue weighted by Gasteiger charge is 2.31. The summed E-state index contributed by atoms with van der Waals surface area (Å²) < 4.78 is 5.51. The van der Waals surface area contributed by atoms with E-state index in [1.807, 2.05) is 25.7 Å². The fourth-order valence-corrected chi connectivity index (χ4v) is 3.66. The number of nitrogens with one attached hydrogen (secondary N) is 1. The van der Waals surface area contributed by atoms with Crippen molar-refractivity contribution in [2.75, 3.05) is 13.1 Å². The zero-order valence-corrected chi connectivity index (χ0v) is 15.2. The summed E-state index contributed by atoms with van der Waals surface area (Å²) >= 11 is 0. The first-order valence-corrected chi connectivity index (χ1v) is 9.16. The van der Waals surface area contributed by atoms with Gasteiger partial charge in [0.05, 0.1) is 6.10 Å². The summed E-state index contributed by atoms with van der Waals surface area (Å²) in [5, 5.41) is 13.3. The van der Waals surface area contributed by atoms with E-state index in [0.717, 1.165) is 51.6 Å². The molecule has 0 bridgehead atoms. The summed E-state index contributed by atoms with van der Waals surface area (Å²) in [5.41, 5.74) is -0.434. The molecule has 5 heteroatoms. The summed E-state index contributed by atoms with van der Waals surface area (Å²) in [5.74, 6) is 0.475. The average Bonchev–Trinajstić information content (AvgIpc) is 2.48. The van der Waals surface area contributed by atoms with E-state index in [0.29, 0.717) is 18.0 Å². The number of carbonyl (C=O) groups is 1. The van der Waals surface area contributed by atoms with Crippen molar-refractivity contribution < 1.29 is 14.6 Å². The lowest BCUT2D eigenvalue weighted by atomic mass is 9.88. The van der Waals surface area contributed by atoms with Gasteiger partial charge in [0, 0.05) is 25.2 Å².